The van der Waals surface area contributed by atoms with Crippen LogP contribution in [0.1, 0.15) is 49.7 Å². The number of fused-ring (bicyclic) bond motifs is 4. The highest BCUT2D eigenvalue weighted by Crippen LogP contribution is 2.61. The summed E-state index contributed by atoms with van der Waals surface area (Å²) in [5, 5.41) is 20.7. The Hall–Kier alpha value is -5.49. The molecule has 11 nitrogen and oxygen atoms in total. The van der Waals surface area contributed by atoms with E-state index in [0.717, 1.165) is 10.6 Å². The first kappa shape index (κ1) is 36.9. The van der Waals surface area contributed by atoms with E-state index in [4.69, 9.17) is 21.4 Å². The van der Waals surface area contributed by atoms with Gasteiger partial charge >= 0.3 is 5.97 Å². The zero-order chi connectivity index (χ0) is 38.3. The van der Waals surface area contributed by atoms with Gasteiger partial charge < -0.3 is 14.9 Å². The topological polar surface area (TPSA) is 154 Å². The van der Waals surface area contributed by atoms with Gasteiger partial charge in [-0.05, 0) is 91.3 Å². The number of halogens is 2. The van der Waals surface area contributed by atoms with Crippen molar-refractivity contribution in [3.8, 4) is 11.5 Å². The van der Waals surface area contributed by atoms with Gasteiger partial charge in [-0.25, -0.2) is 4.39 Å². The second kappa shape index (κ2) is 14.7. The van der Waals surface area contributed by atoms with E-state index in [1.807, 2.05) is 12.2 Å². The van der Waals surface area contributed by atoms with Crippen molar-refractivity contribution in [2.75, 3.05) is 19.1 Å². The highest BCUT2D eigenvalue weighted by atomic mass is 35.5. The lowest BCUT2D eigenvalue weighted by molar-refractivity contribution is -0.141. The van der Waals surface area contributed by atoms with Gasteiger partial charge in [0, 0.05) is 23.9 Å². The number of hydrogen-bond acceptors (Lipinski definition) is 8. The van der Waals surface area contributed by atoms with E-state index in [9.17, 15) is 28.7 Å². The Morgan fingerprint density at radius 2 is 1.72 bits per heavy atom. The standard InChI is InChI=1S/C41H39ClFN3O8/c1-54-34-21-23(7-19-33(34)47)6-18-31-28-16-17-29-36(39(52)45(37(29)50)20-4-2-3-5-35(48)49)30(28)22-32-38(51)46(44-27-14-12-26(43)13-15-27)40(53)41(31,32)24-8-10-25(42)11-9-24/h6-16,18-19,21,29-32,36,44,47H,2-5,17,20,22H2,1H3,(H,48,49)/t29-,30+,31-,32-,36-,41-/m0/s1. The minimum Gasteiger partial charge on any atom is -0.504 e. The first-order chi connectivity index (χ1) is 25.9. The van der Waals surface area contributed by atoms with Gasteiger partial charge in [-0.3, -0.25) is 34.3 Å². The summed E-state index contributed by atoms with van der Waals surface area (Å²) in [5.74, 6) is -6.63. The number of imide groups is 2. The SMILES string of the molecule is COc1cc(C=C[C@H]2C3=CC[C@@H]4C(=O)N(CCCCCC(=O)O)C(=O)[C@@H]4[C@@H]3C[C@H]3C(=O)N(Nc4ccc(F)cc4)C(=O)[C@@]23c2ccc(Cl)cc2)ccc1O. The van der Waals surface area contributed by atoms with Crippen LogP contribution >= 0.6 is 11.6 Å². The number of phenolic OH excluding ortho intramolecular Hbond substituents is 1. The normalized spacial score (nSPS) is 26.1. The van der Waals surface area contributed by atoms with Crippen molar-refractivity contribution in [3.63, 3.8) is 0 Å². The summed E-state index contributed by atoms with van der Waals surface area (Å²) in [7, 11) is 1.43. The van der Waals surface area contributed by atoms with Crippen LogP contribution in [0.15, 0.2) is 84.5 Å². The molecule has 3 N–H and O–H groups in total. The highest BCUT2D eigenvalue weighted by Gasteiger charge is 2.69. The lowest BCUT2D eigenvalue weighted by Gasteiger charge is -2.49. The molecule has 2 aliphatic carbocycles. The molecule has 0 radical (unpaired) electrons. The summed E-state index contributed by atoms with van der Waals surface area (Å²) in [6.45, 7) is 0.170. The Morgan fingerprint density at radius 1 is 0.981 bits per heavy atom. The number of carbonyl (C=O) groups excluding carboxylic acids is 4. The van der Waals surface area contributed by atoms with Gasteiger partial charge in [-0.15, -0.1) is 0 Å². The van der Waals surface area contributed by atoms with E-state index in [-0.39, 0.29) is 49.1 Å². The van der Waals surface area contributed by atoms with Gasteiger partial charge in [0.1, 0.15) is 5.82 Å². The van der Waals surface area contributed by atoms with Gasteiger partial charge in [-0.1, -0.05) is 60.0 Å². The Morgan fingerprint density at radius 3 is 2.43 bits per heavy atom. The number of benzene rings is 3. The Balaban J connectivity index is 1.33. The van der Waals surface area contributed by atoms with Crippen LogP contribution in [-0.4, -0.2) is 63.4 Å². The molecule has 0 bridgehead atoms. The van der Waals surface area contributed by atoms with Crippen LogP contribution < -0.4 is 10.2 Å². The molecule has 1 saturated carbocycles. The van der Waals surface area contributed by atoms with Crippen LogP contribution in [0.5, 0.6) is 11.5 Å². The molecule has 4 amide bonds. The molecule has 7 rings (SSSR count). The number of carboxylic acids is 1. The minimum absolute atomic E-state index is 0.00483. The monoisotopic (exact) mass is 755 g/mol. The van der Waals surface area contributed by atoms with Crippen molar-refractivity contribution in [1.29, 1.82) is 0 Å². The molecule has 0 unspecified atom stereocenters. The van der Waals surface area contributed by atoms with Gasteiger partial charge in [0.2, 0.25) is 11.8 Å². The summed E-state index contributed by atoms with van der Waals surface area (Å²) < 4.78 is 19.2. The number of methoxy groups -OCH3 is 1. The van der Waals surface area contributed by atoms with Crippen LogP contribution in [0.4, 0.5) is 10.1 Å². The molecule has 280 valence electrons. The summed E-state index contributed by atoms with van der Waals surface area (Å²) in [4.78, 5) is 70.1. The number of hydrazine groups is 1. The number of aliphatic carboxylic acids is 1. The zero-order valence-electron chi connectivity index (χ0n) is 29.4. The number of hydrogen-bond donors (Lipinski definition) is 3. The van der Waals surface area contributed by atoms with Crippen LogP contribution in [0.2, 0.25) is 5.02 Å². The van der Waals surface area contributed by atoms with Gasteiger partial charge in [-0.2, -0.15) is 5.01 Å². The van der Waals surface area contributed by atoms with Gasteiger partial charge in [0.05, 0.1) is 36.0 Å². The van der Waals surface area contributed by atoms with E-state index in [0.29, 0.717) is 41.1 Å². The minimum atomic E-state index is -1.52. The molecule has 0 spiro atoms. The van der Waals surface area contributed by atoms with Crippen molar-refractivity contribution < 1.29 is 43.3 Å². The number of nitrogens with zero attached hydrogens (tertiary/aromatic N) is 2. The van der Waals surface area contributed by atoms with Crippen LogP contribution in [0, 0.1) is 35.4 Å². The number of allylic oxidation sites excluding steroid dienone is 3. The largest absolute Gasteiger partial charge is 0.504 e. The third-order valence-corrected chi connectivity index (χ3v) is 11.6. The highest BCUT2D eigenvalue weighted by molar-refractivity contribution is 6.30. The Kier molecular flexibility index (Phi) is 10.1. The lowest BCUT2D eigenvalue weighted by Crippen LogP contribution is -2.54. The smallest absolute Gasteiger partial charge is 0.303 e. The van der Waals surface area contributed by atoms with Crippen LogP contribution in [-0.2, 0) is 29.4 Å². The quantitative estimate of drug-likeness (QED) is 0.109. The van der Waals surface area contributed by atoms with E-state index >= 15 is 4.79 Å². The van der Waals surface area contributed by atoms with E-state index in [2.05, 4.69) is 5.43 Å². The van der Waals surface area contributed by atoms with E-state index in [1.54, 1.807) is 42.5 Å². The molecule has 3 fully saturated rings. The van der Waals surface area contributed by atoms with Crippen molar-refractivity contribution >= 4 is 53.0 Å². The van der Waals surface area contributed by atoms with Crippen molar-refractivity contribution in [2.45, 2.75) is 43.9 Å². The zero-order valence-corrected chi connectivity index (χ0v) is 30.2. The van der Waals surface area contributed by atoms with Crippen molar-refractivity contribution in [3.05, 3.63) is 106 Å². The van der Waals surface area contributed by atoms with Crippen molar-refractivity contribution in [2.24, 2.45) is 29.6 Å². The van der Waals surface area contributed by atoms with Gasteiger partial charge in [0.25, 0.3) is 11.8 Å². The number of carboxylic acid groups (broad SMARTS) is 1. The summed E-state index contributed by atoms with van der Waals surface area (Å²) in [6, 6.07) is 16.9. The molecular formula is C41H39ClFN3O8. The fraction of sp³-hybridized carbons (Fsp3) is 0.341. The predicted molar refractivity (Wildman–Crippen MR) is 196 cm³/mol. The number of phenols is 1. The average Bonchev–Trinajstić information content (AvgIpc) is 3.53. The maximum absolute atomic E-state index is 15.1. The molecule has 13 heteroatoms. The third kappa shape index (κ3) is 6.31. The number of nitrogens with one attached hydrogen (secondary N) is 1. The fourth-order valence-electron chi connectivity index (χ4n) is 8.92. The van der Waals surface area contributed by atoms with E-state index in [1.165, 1.54) is 42.3 Å². The molecular weight excluding hydrogens is 717 g/mol. The fourth-order valence-corrected chi connectivity index (χ4v) is 9.04. The summed E-state index contributed by atoms with van der Waals surface area (Å²) >= 11 is 6.34. The molecule has 6 atom stereocenters. The van der Waals surface area contributed by atoms with Crippen molar-refractivity contribution in [1.82, 2.24) is 9.91 Å². The second-order valence-corrected chi connectivity index (χ2v) is 14.7. The number of ether oxygens (including phenoxy) is 1. The molecule has 3 aromatic carbocycles. The van der Waals surface area contributed by atoms with Gasteiger partial charge in [0.15, 0.2) is 11.5 Å². The molecule has 0 aromatic heterocycles. The summed E-state index contributed by atoms with van der Waals surface area (Å²) in [6.07, 6.45) is 7.39. The Labute approximate surface area is 316 Å². The molecule has 54 heavy (non-hydrogen) atoms. The van der Waals surface area contributed by atoms with E-state index < -0.39 is 58.6 Å². The molecule has 2 heterocycles. The number of aromatic hydroxyl groups is 1. The van der Waals surface area contributed by atoms with Crippen LogP contribution in [0.3, 0.4) is 0 Å². The summed E-state index contributed by atoms with van der Waals surface area (Å²) in [5.41, 5.74) is 3.67. The average molecular weight is 756 g/mol. The second-order valence-electron chi connectivity index (χ2n) is 14.2. The number of carbonyl (C=O) groups is 5. The number of likely N-dealkylation sites (tertiary alicyclic amines) is 1. The molecule has 3 aromatic rings. The number of unbranched alkanes of at least 4 members (excludes halogenated alkanes) is 2. The number of amides is 4. The maximum atomic E-state index is 15.1. The molecule has 2 aliphatic heterocycles. The molecule has 2 saturated heterocycles. The molecule has 4 aliphatic rings. The number of anilines is 1. The third-order valence-electron chi connectivity index (χ3n) is 11.4. The Bertz CT molecular complexity index is 2070. The maximum Gasteiger partial charge on any atom is 0.303 e. The first-order valence-electron chi connectivity index (χ1n) is 17.9. The van der Waals surface area contributed by atoms with Crippen LogP contribution in [0.25, 0.3) is 6.08 Å². The predicted octanol–water partition coefficient (Wildman–Crippen LogP) is 6.37. The number of rotatable bonds is 12. The lowest BCUT2D eigenvalue weighted by atomic mass is 9.50. The first-order valence-corrected chi connectivity index (χ1v) is 18.3.